The van der Waals surface area contributed by atoms with E-state index < -0.39 is 23.2 Å². The van der Waals surface area contributed by atoms with Crippen molar-refractivity contribution in [2.75, 3.05) is 6.61 Å². The van der Waals surface area contributed by atoms with Crippen LogP contribution in [-0.2, 0) is 6.42 Å². The number of aryl methyl sites for hydroxylation is 1. The molecule has 1 aliphatic carbocycles. The summed E-state index contributed by atoms with van der Waals surface area (Å²) in [5, 5.41) is 0. The third-order valence-electron chi connectivity index (χ3n) is 8.27. The molecule has 41 heavy (non-hydrogen) atoms. The van der Waals surface area contributed by atoms with Crippen molar-refractivity contribution < 1.29 is 23.0 Å². The third-order valence-corrected chi connectivity index (χ3v) is 8.27. The monoisotopic (exact) mass is 568 g/mol. The Bertz CT molecular complexity index is 1060. The molecular formula is C36H50F2O3. The molecule has 0 atom stereocenters. The van der Waals surface area contributed by atoms with E-state index in [1.807, 2.05) is 12.1 Å². The molecule has 2 aromatic carbocycles. The zero-order valence-corrected chi connectivity index (χ0v) is 25.3. The zero-order chi connectivity index (χ0) is 29.3. The van der Waals surface area contributed by atoms with Gasteiger partial charge in [-0.2, -0.15) is 4.39 Å². The molecule has 0 heterocycles. The van der Waals surface area contributed by atoms with Crippen molar-refractivity contribution in [1.82, 2.24) is 0 Å². The standard InChI is InChI=1S/C36H50F2O3/c1-3-5-7-8-9-13-27-40-33-26-25-32(34(37)35(33)38)36(39)41-31-23-21-30(22-24-31)16-12-11-15-29-19-17-28(18-20-29)14-10-6-4-2/h11,15,21-26,28-29H,3-10,12-14,16-20,27H2,1-2H3. The van der Waals surface area contributed by atoms with Crippen LogP contribution in [0.4, 0.5) is 8.78 Å². The normalized spacial score (nSPS) is 17.2. The number of carbonyl (C=O) groups is 1. The van der Waals surface area contributed by atoms with E-state index in [4.69, 9.17) is 9.47 Å². The van der Waals surface area contributed by atoms with Gasteiger partial charge in [-0.1, -0.05) is 95.9 Å². The summed E-state index contributed by atoms with van der Waals surface area (Å²) in [6, 6.07) is 9.73. The quantitative estimate of drug-likeness (QED) is 0.0776. The number of ether oxygens (including phenoxy) is 2. The molecule has 0 amide bonds. The molecule has 1 saturated carbocycles. The molecule has 0 aromatic heterocycles. The highest BCUT2D eigenvalue weighted by Gasteiger charge is 2.21. The van der Waals surface area contributed by atoms with E-state index >= 15 is 0 Å². The largest absolute Gasteiger partial charge is 0.490 e. The molecule has 0 aliphatic heterocycles. The van der Waals surface area contributed by atoms with E-state index in [1.54, 1.807) is 12.1 Å². The molecule has 0 N–H and O–H groups in total. The second-order valence-electron chi connectivity index (χ2n) is 11.6. The Morgan fingerprint density at radius 3 is 2.24 bits per heavy atom. The molecule has 0 bridgehead atoms. The number of allylic oxidation sites excluding steroid dienone is 2. The van der Waals surface area contributed by atoms with Crippen LogP contribution in [0.5, 0.6) is 11.5 Å². The fourth-order valence-electron chi connectivity index (χ4n) is 5.64. The minimum Gasteiger partial charge on any atom is -0.490 e. The van der Waals surface area contributed by atoms with E-state index in [0.29, 0.717) is 18.3 Å². The van der Waals surface area contributed by atoms with Crippen molar-refractivity contribution >= 4 is 5.97 Å². The Balaban J connectivity index is 1.38. The molecule has 226 valence electrons. The topological polar surface area (TPSA) is 35.5 Å². The summed E-state index contributed by atoms with van der Waals surface area (Å²) < 4.78 is 39.9. The van der Waals surface area contributed by atoms with Crippen molar-refractivity contribution in [3.05, 3.63) is 71.3 Å². The van der Waals surface area contributed by atoms with Crippen LogP contribution in [-0.4, -0.2) is 12.6 Å². The number of esters is 1. The maximum Gasteiger partial charge on any atom is 0.346 e. The molecule has 3 nitrogen and oxygen atoms in total. The molecule has 5 heteroatoms. The number of halogens is 2. The molecule has 3 rings (SSSR count). The highest BCUT2D eigenvalue weighted by atomic mass is 19.2. The van der Waals surface area contributed by atoms with Gasteiger partial charge in [0.2, 0.25) is 5.82 Å². The molecule has 0 spiro atoms. The predicted octanol–water partition coefficient (Wildman–Crippen LogP) is 10.8. The van der Waals surface area contributed by atoms with E-state index in [0.717, 1.165) is 43.6 Å². The van der Waals surface area contributed by atoms with Crippen LogP contribution in [0.25, 0.3) is 0 Å². The maximum atomic E-state index is 14.6. The fourth-order valence-corrected chi connectivity index (χ4v) is 5.64. The first kappa shape index (κ1) is 32.8. The average molecular weight is 569 g/mol. The molecular weight excluding hydrogens is 518 g/mol. The minimum absolute atomic E-state index is 0.180. The number of hydrogen-bond acceptors (Lipinski definition) is 3. The minimum atomic E-state index is -1.25. The van der Waals surface area contributed by atoms with Gasteiger partial charge < -0.3 is 9.47 Å². The summed E-state index contributed by atoms with van der Waals surface area (Å²) in [6.07, 6.45) is 23.8. The lowest BCUT2D eigenvalue weighted by molar-refractivity contribution is 0.0728. The van der Waals surface area contributed by atoms with Crippen LogP contribution < -0.4 is 9.47 Å². The van der Waals surface area contributed by atoms with Crippen molar-refractivity contribution in [3.8, 4) is 11.5 Å². The molecule has 0 unspecified atom stereocenters. The SMILES string of the molecule is CCCCCCCCOc1ccc(C(=O)Oc2ccc(CCC=CC3CCC(CCCCC)CC3)cc2)c(F)c1F. The Kier molecular flexibility index (Phi) is 15.0. The molecule has 0 saturated heterocycles. The molecule has 2 aromatic rings. The maximum absolute atomic E-state index is 14.6. The number of hydrogen-bond donors (Lipinski definition) is 0. The van der Waals surface area contributed by atoms with Crippen LogP contribution in [0.1, 0.15) is 126 Å². The van der Waals surface area contributed by atoms with Gasteiger partial charge in [0, 0.05) is 0 Å². The summed E-state index contributed by atoms with van der Waals surface area (Å²) >= 11 is 0. The lowest BCUT2D eigenvalue weighted by Gasteiger charge is -2.26. The smallest absolute Gasteiger partial charge is 0.346 e. The van der Waals surface area contributed by atoms with E-state index in [-0.39, 0.29) is 5.75 Å². The number of unbranched alkanes of at least 4 members (excludes halogenated alkanes) is 7. The third kappa shape index (κ3) is 11.6. The molecule has 1 aliphatic rings. The van der Waals surface area contributed by atoms with Crippen LogP contribution in [0.3, 0.4) is 0 Å². The Morgan fingerprint density at radius 2 is 1.51 bits per heavy atom. The first-order valence-electron chi connectivity index (χ1n) is 16.1. The van der Waals surface area contributed by atoms with Gasteiger partial charge in [0.1, 0.15) is 5.75 Å². The first-order valence-corrected chi connectivity index (χ1v) is 16.1. The molecule has 0 radical (unpaired) electrons. The Labute approximate surface area is 246 Å². The summed E-state index contributed by atoms with van der Waals surface area (Å²) in [6.45, 7) is 4.75. The van der Waals surface area contributed by atoms with Gasteiger partial charge in [-0.15, -0.1) is 0 Å². The van der Waals surface area contributed by atoms with Crippen LogP contribution in [0.15, 0.2) is 48.6 Å². The van der Waals surface area contributed by atoms with Crippen molar-refractivity contribution in [1.29, 1.82) is 0 Å². The van der Waals surface area contributed by atoms with E-state index in [9.17, 15) is 13.6 Å². The molecule has 1 fully saturated rings. The predicted molar refractivity (Wildman–Crippen MR) is 164 cm³/mol. The van der Waals surface area contributed by atoms with Crippen molar-refractivity contribution in [3.63, 3.8) is 0 Å². The van der Waals surface area contributed by atoms with Gasteiger partial charge in [-0.25, -0.2) is 9.18 Å². The van der Waals surface area contributed by atoms with E-state index in [2.05, 4.69) is 26.0 Å². The lowest BCUT2D eigenvalue weighted by atomic mass is 9.79. The second-order valence-corrected chi connectivity index (χ2v) is 11.6. The summed E-state index contributed by atoms with van der Waals surface area (Å²) in [7, 11) is 0. The highest BCUT2D eigenvalue weighted by Crippen LogP contribution is 2.33. The second kappa shape index (κ2) is 18.7. The van der Waals surface area contributed by atoms with Gasteiger partial charge in [0.05, 0.1) is 12.2 Å². The van der Waals surface area contributed by atoms with E-state index in [1.165, 1.54) is 82.8 Å². The van der Waals surface area contributed by atoms with Gasteiger partial charge in [0.15, 0.2) is 11.6 Å². The summed E-state index contributed by atoms with van der Waals surface area (Å²) in [4.78, 5) is 12.5. The Morgan fingerprint density at radius 1 is 0.829 bits per heavy atom. The summed E-state index contributed by atoms with van der Waals surface area (Å²) in [5.74, 6) is -1.57. The highest BCUT2D eigenvalue weighted by molar-refractivity contribution is 5.91. The zero-order valence-electron chi connectivity index (χ0n) is 25.3. The van der Waals surface area contributed by atoms with Crippen molar-refractivity contribution in [2.24, 2.45) is 11.8 Å². The number of carbonyl (C=O) groups excluding carboxylic acids is 1. The van der Waals surface area contributed by atoms with Gasteiger partial charge in [-0.05, 0) is 86.6 Å². The first-order chi connectivity index (χ1) is 20.0. The van der Waals surface area contributed by atoms with Crippen LogP contribution in [0.2, 0.25) is 0 Å². The van der Waals surface area contributed by atoms with Crippen LogP contribution in [0, 0.1) is 23.5 Å². The van der Waals surface area contributed by atoms with Gasteiger partial charge in [0.25, 0.3) is 0 Å². The van der Waals surface area contributed by atoms with Crippen molar-refractivity contribution in [2.45, 2.75) is 117 Å². The average Bonchev–Trinajstić information content (AvgIpc) is 2.98. The van der Waals surface area contributed by atoms with Crippen LogP contribution >= 0.6 is 0 Å². The van der Waals surface area contributed by atoms with Gasteiger partial charge in [-0.3, -0.25) is 0 Å². The summed E-state index contributed by atoms with van der Waals surface area (Å²) in [5.41, 5.74) is 0.691. The Hall–Kier alpha value is -2.69. The fraction of sp³-hybridized carbons (Fsp3) is 0.583. The number of benzene rings is 2. The van der Waals surface area contributed by atoms with Gasteiger partial charge >= 0.3 is 5.97 Å². The number of rotatable bonds is 18. The lowest BCUT2D eigenvalue weighted by Crippen LogP contribution is -2.13.